The molecule has 1 aromatic heterocycles. The van der Waals surface area contributed by atoms with Gasteiger partial charge in [-0.25, -0.2) is 0 Å². The van der Waals surface area contributed by atoms with Gasteiger partial charge in [-0.05, 0) is 101 Å². The third-order valence-corrected chi connectivity index (χ3v) is 9.54. The number of aromatic nitrogens is 1. The Morgan fingerprint density at radius 3 is 2.46 bits per heavy atom. The third-order valence-electron chi connectivity index (χ3n) is 9.54. The van der Waals surface area contributed by atoms with E-state index in [0.717, 1.165) is 68.4 Å². The van der Waals surface area contributed by atoms with Crippen molar-refractivity contribution in [2.75, 3.05) is 26.2 Å². The van der Waals surface area contributed by atoms with Crippen LogP contribution in [-0.2, 0) is 13.0 Å². The number of hydrogen-bond acceptors (Lipinski definition) is 4. The molecule has 0 atom stereocenters. The highest BCUT2D eigenvalue weighted by Crippen LogP contribution is 2.44. The van der Waals surface area contributed by atoms with Gasteiger partial charge in [0.2, 0.25) is 0 Å². The molecule has 0 radical (unpaired) electrons. The summed E-state index contributed by atoms with van der Waals surface area (Å²) >= 11 is 0. The van der Waals surface area contributed by atoms with E-state index in [0.29, 0.717) is 0 Å². The Kier molecular flexibility index (Phi) is 8.52. The Labute approximate surface area is 237 Å². The molecule has 0 N–H and O–H groups in total. The first-order valence-electron chi connectivity index (χ1n) is 15.6. The van der Waals surface area contributed by atoms with Crippen LogP contribution in [0.4, 0.5) is 0 Å². The summed E-state index contributed by atoms with van der Waals surface area (Å²) in [6.07, 6.45) is 15.7. The van der Waals surface area contributed by atoms with Gasteiger partial charge in [-0.15, -0.1) is 0 Å². The van der Waals surface area contributed by atoms with Crippen molar-refractivity contribution >= 4 is 11.8 Å². The summed E-state index contributed by atoms with van der Waals surface area (Å²) in [5, 5.41) is 0. The lowest BCUT2D eigenvalue weighted by Gasteiger charge is -2.41. The van der Waals surface area contributed by atoms with Crippen LogP contribution in [-0.4, -0.2) is 51.9 Å². The molecule has 5 heterocycles. The van der Waals surface area contributed by atoms with Gasteiger partial charge < -0.3 is 14.7 Å². The van der Waals surface area contributed by atoms with Gasteiger partial charge in [-0.1, -0.05) is 51.5 Å². The summed E-state index contributed by atoms with van der Waals surface area (Å²) < 4.78 is 0. The number of rotatable bonds is 8. The van der Waals surface area contributed by atoms with E-state index in [-0.39, 0.29) is 0 Å². The largest absolute Gasteiger partial charge is 0.375 e. The molecule has 0 unspecified atom stereocenters. The fourth-order valence-electron chi connectivity index (χ4n) is 7.39. The quantitative estimate of drug-likeness (QED) is 0.342. The maximum Gasteiger partial charge on any atom is 0.0923 e. The molecule has 1 aromatic rings. The topological polar surface area (TPSA) is 22.6 Å². The molecule has 210 valence electrons. The lowest BCUT2D eigenvalue weighted by atomic mass is 9.94. The van der Waals surface area contributed by atoms with Gasteiger partial charge >= 0.3 is 0 Å². The van der Waals surface area contributed by atoms with Crippen molar-refractivity contribution in [3.63, 3.8) is 0 Å². The normalized spacial score (nSPS) is 20.9. The van der Waals surface area contributed by atoms with Gasteiger partial charge in [0.1, 0.15) is 0 Å². The van der Waals surface area contributed by atoms with Gasteiger partial charge in [0, 0.05) is 48.2 Å². The average molecular weight is 527 g/mol. The highest BCUT2D eigenvalue weighted by Gasteiger charge is 2.34. The molecule has 0 bridgehead atoms. The summed E-state index contributed by atoms with van der Waals surface area (Å²) in [6.45, 7) is 26.1. The van der Waals surface area contributed by atoms with Gasteiger partial charge in [0.25, 0.3) is 0 Å². The van der Waals surface area contributed by atoms with E-state index < -0.39 is 0 Å². The van der Waals surface area contributed by atoms with Crippen LogP contribution < -0.4 is 0 Å². The summed E-state index contributed by atoms with van der Waals surface area (Å²) in [6, 6.07) is 0.779. The molecule has 0 aromatic carbocycles. The average Bonchev–Trinajstić information content (AvgIpc) is 3.29. The third kappa shape index (κ3) is 5.55. The molecule has 5 rings (SSSR count). The van der Waals surface area contributed by atoms with Crippen LogP contribution in [0, 0.1) is 6.92 Å². The Bertz CT molecular complexity index is 1220. The number of likely N-dealkylation sites (tertiary alicyclic amines) is 2. The van der Waals surface area contributed by atoms with Crippen LogP contribution in [0.3, 0.4) is 0 Å². The van der Waals surface area contributed by atoms with Crippen molar-refractivity contribution in [1.82, 2.24) is 19.7 Å². The molecular weight excluding hydrogens is 476 g/mol. The van der Waals surface area contributed by atoms with E-state index in [2.05, 4.69) is 74.6 Å². The second-order valence-electron chi connectivity index (χ2n) is 12.3. The maximum atomic E-state index is 5.21. The first-order valence-corrected chi connectivity index (χ1v) is 15.6. The van der Waals surface area contributed by atoms with Crippen LogP contribution in [0.25, 0.3) is 11.8 Å². The van der Waals surface area contributed by atoms with E-state index in [1.807, 2.05) is 0 Å². The van der Waals surface area contributed by atoms with Crippen LogP contribution in [0.1, 0.15) is 107 Å². The van der Waals surface area contributed by atoms with Crippen molar-refractivity contribution in [2.45, 2.75) is 105 Å². The van der Waals surface area contributed by atoms with Gasteiger partial charge in [0.15, 0.2) is 0 Å². The first kappa shape index (κ1) is 28.0. The van der Waals surface area contributed by atoms with Crippen LogP contribution in [0.2, 0.25) is 0 Å². The minimum atomic E-state index is 0.779. The molecule has 4 heteroatoms. The van der Waals surface area contributed by atoms with Gasteiger partial charge in [0.05, 0.1) is 17.9 Å². The molecule has 39 heavy (non-hydrogen) atoms. The zero-order chi connectivity index (χ0) is 27.7. The van der Waals surface area contributed by atoms with Crippen molar-refractivity contribution < 1.29 is 0 Å². The fraction of sp³-hybridized carbons (Fsp3) is 0.571. The zero-order valence-corrected chi connectivity index (χ0v) is 25.3. The molecular formula is C35H50N4. The number of piperidine rings is 2. The first-order chi connectivity index (χ1) is 18.8. The molecule has 0 aliphatic carbocycles. The zero-order valence-electron chi connectivity index (χ0n) is 25.3. The monoisotopic (exact) mass is 526 g/mol. The summed E-state index contributed by atoms with van der Waals surface area (Å²) in [5.41, 5.74) is 14.2. The van der Waals surface area contributed by atoms with Crippen LogP contribution >= 0.6 is 0 Å². The SMILES string of the molecule is C=C(C/C(C)=C/c1c(C)nc2c(c1CC)CN1C(=C)C(CCC)=C(C)C=C21)N1CCC(N2CCCCC2)CC1. The standard InChI is InChI=1S/C35H50N4/c1-8-13-31-25(4)22-34-35-33(23-39(34)28(31)7)30(9-2)32(27(6)36-35)21-24(3)20-26(5)37-18-14-29(15-19-37)38-16-11-10-12-17-38/h21-22,29H,5,7-20,23H2,1-4,6H3/b24-21+. The number of nitrogens with zero attached hydrogens (tertiary/aromatic N) is 4. The second kappa shape index (κ2) is 11.9. The van der Waals surface area contributed by atoms with E-state index in [1.54, 1.807) is 0 Å². The highest BCUT2D eigenvalue weighted by molar-refractivity contribution is 5.78. The van der Waals surface area contributed by atoms with Gasteiger partial charge in [-0.2, -0.15) is 0 Å². The fourth-order valence-corrected chi connectivity index (χ4v) is 7.39. The predicted octanol–water partition coefficient (Wildman–Crippen LogP) is 8.01. The number of hydrogen-bond donors (Lipinski definition) is 0. The molecule has 0 spiro atoms. The highest BCUT2D eigenvalue weighted by atomic mass is 15.2. The lowest BCUT2D eigenvalue weighted by molar-refractivity contribution is 0.104. The van der Waals surface area contributed by atoms with Crippen molar-refractivity contribution in [2.24, 2.45) is 0 Å². The number of aryl methyl sites for hydroxylation is 1. The van der Waals surface area contributed by atoms with Gasteiger partial charge in [-0.3, -0.25) is 4.98 Å². The Morgan fingerprint density at radius 1 is 1.08 bits per heavy atom. The summed E-state index contributed by atoms with van der Waals surface area (Å²) in [5.74, 6) is 0. The van der Waals surface area contributed by atoms with Crippen molar-refractivity contribution in [3.05, 3.63) is 75.4 Å². The number of allylic oxidation sites excluding steroid dienone is 4. The minimum absolute atomic E-state index is 0.779. The van der Waals surface area contributed by atoms with Crippen molar-refractivity contribution in [3.8, 4) is 0 Å². The number of pyridine rings is 1. The second-order valence-corrected chi connectivity index (χ2v) is 12.3. The molecule has 4 aliphatic heterocycles. The number of fused-ring (bicyclic) bond motifs is 3. The molecule has 4 nitrogen and oxygen atoms in total. The molecule has 2 saturated heterocycles. The smallest absolute Gasteiger partial charge is 0.0923 e. The molecule has 0 amide bonds. The van der Waals surface area contributed by atoms with E-state index in [4.69, 9.17) is 4.98 Å². The lowest BCUT2D eigenvalue weighted by Crippen LogP contribution is -2.46. The summed E-state index contributed by atoms with van der Waals surface area (Å²) in [4.78, 5) is 12.9. The van der Waals surface area contributed by atoms with E-state index in [9.17, 15) is 0 Å². The van der Waals surface area contributed by atoms with E-state index in [1.165, 1.54) is 90.0 Å². The van der Waals surface area contributed by atoms with E-state index >= 15 is 0 Å². The van der Waals surface area contributed by atoms with Crippen molar-refractivity contribution in [1.29, 1.82) is 0 Å². The van der Waals surface area contributed by atoms with Crippen LogP contribution in [0.5, 0.6) is 0 Å². The Morgan fingerprint density at radius 2 is 1.79 bits per heavy atom. The Hall–Kier alpha value is -2.59. The molecule has 4 aliphatic rings. The maximum absolute atomic E-state index is 5.21. The predicted molar refractivity (Wildman–Crippen MR) is 166 cm³/mol. The molecule has 2 fully saturated rings. The summed E-state index contributed by atoms with van der Waals surface area (Å²) in [7, 11) is 0. The molecule has 0 saturated carbocycles. The Balaban J connectivity index is 1.31. The van der Waals surface area contributed by atoms with Crippen LogP contribution in [0.15, 0.2) is 47.3 Å². The minimum Gasteiger partial charge on any atom is -0.375 e.